The van der Waals surface area contributed by atoms with Gasteiger partial charge in [0.2, 0.25) is 0 Å². The number of alkyl halides is 3. The summed E-state index contributed by atoms with van der Waals surface area (Å²) >= 11 is 0. The Hall–Kier alpha value is -1.60. The first-order chi connectivity index (χ1) is 10.8. The second kappa shape index (κ2) is 7.31. The van der Waals surface area contributed by atoms with Crippen LogP contribution in [0.4, 0.5) is 13.2 Å². The van der Waals surface area contributed by atoms with Gasteiger partial charge in [-0.2, -0.15) is 13.2 Å². The van der Waals surface area contributed by atoms with Crippen LogP contribution in [0.5, 0.6) is 0 Å². The van der Waals surface area contributed by atoms with Gasteiger partial charge in [-0.3, -0.25) is 14.6 Å². The summed E-state index contributed by atoms with van der Waals surface area (Å²) in [5.41, 5.74) is 0.227. The average molecular weight is 330 g/mol. The minimum Gasteiger partial charge on any atom is -0.480 e. The lowest BCUT2D eigenvalue weighted by molar-refractivity contribution is -0.139. The van der Waals surface area contributed by atoms with E-state index >= 15 is 0 Å². The van der Waals surface area contributed by atoms with Crippen LogP contribution in [-0.4, -0.2) is 53.6 Å². The Morgan fingerprint density at radius 2 is 1.83 bits per heavy atom. The number of likely N-dealkylation sites (tertiary alicyclic amines) is 1. The van der Waals surface area contributed by atoms with Crippen molar-refractivity contribution in [3.8, 4) is 0 Å². The molecule has 1 heterocycles. The molecule has 0 saturated carbocycles. The van der Waals surface area contributed by atoms with Crippen LogP contribution in [-0.2, 0) is 17.5 Å². The zero-order chi connectivity index (χ0) is 17.0. The van der Waals surface area contributed by atoms with Crippen LogP contribution in [0.15, 0.2) is 24.3 Å². The highest BCUT2D eigenvalue weighted by atomic mass is 19.4. The standard InChI is InChI=1S/C16H21F3N2O2/c1-20(11-15(22)23)14-6-8-21(9-7-14)10-12-2-4-13(5-3-12)16(17,18)19/h2-5,14H,6-11H2,1H3,(H,22,23). The number of carboxylic acids is 1. The second-order valence-corrected chi connectivity index (χ2v) is 6.01. The number of benzene rings is 1. The first kappa shape index (κ1) is 17.7. The van der Waals surface area contributed by atoms with Gasteiger partial charge >= 0.3 is 12.1 Å². The van der Waals surface area contributed by atoms with Crippen LogP contribution in [0.3, 0.4) is 0 Å². The third-order valence-electron chi connectivity index (χ3n) is 4.25. The molecule has 0 spiro atoms. The van der Waals surface area contributed by atoms with Crippen molar-refractivity contribution >= 4 is 5.97 Å². The van der Waals surface area contributed by atoms with Crippen LogP contribution in [0, 0.1) is 0 Å². The number of likely N-dealkylation sites (N-methyl/N-ethyl adjacent to an activating group) is 1. The van der Waals surface area contributed by atoms with Crippen molar-refractivity contribution in [2.24, 2.45) is 0 Å². The highest BCUT2D eigenvalue weighted by molar-refractivity contribution is 5.69. The fraction of sp³-hybridized carbons (Fsp3) is 0.562. The number of hydrogen-bond acceptors (Lipinski definition) is 3. The number of carbonyl (C=O) groups is 1. The third kappa shape index (κ3) is 5.21. The number of nitrogens with zero attached hydrogens (tertiary/aromatic N) is 2. The SMILES string of the molecule is CN(CC(=O)O)C1CCN(Cc2ccc(C(F)(F)F)cc2)CC1. The molecule has 0 atom stereocenters. The van der Waals surface area contributed by atoms with E-state index in [0.29, 0.717) is 6.54 Å². The van der Waals surface area contributed by atoms with E-state index in [-0.39, 0.29) is 12.6 Å². The van der Waals surface area contributed by atoms with Crippen molar-refractivity contribution in [3.63, 3.8) is 0 Å². The highest BCUT2D eigenvalue weighted by Crippen LogP contribution is 2.29. The van der Waals surface area contributed by atoms with Gasteiger partial charge in [-0.05, 0) is 50.7 Å². The van der Waals surface area contributed by atoms with E-state index in [1.165, 1.54) is 12.1 Å². The molecular formula is C16H21F3N2O2. The molecule has 128 valence electrons. The normalized spacial score (nSPS) is 17.6. The lowest BCUT2D eigenvalue weighted by Crippen LogP contribution is -2.44. The second-order valence-electron chi connectivity index (χ2n) is 6.01. The van der Waals surface area contributed by atoms with E-state index in [2.05, 4.69) is 4.90 Å². The highest BCUT2D eigenvalue weighted by Gasteiger charge is 2.30. The van der Waals surface area contributed by atoms with Gasteiger partial charge < -0.3 is 5.11 Å². The molecule has 1 saturated heterocycles. The predicted molar refractivity (Wildman–Crippen MR) is 80.0 cm³/mol. The first-order valence-electron chi connectivity index (χ1n) is 7.56. The van der Waals surface area contributed by atoms with Crippen molar-refractivity contribution in [1.29, 1.82) is 0 Å². The van der Waals surface area contributed by atoms with Gasteiger partial charge in [0.25, 0.3) is 0 Å². The number of hydrogen-bond donors (Lipinski definition) is 1. The van der Waals surface area contributed by atoms with Gasteiger partial charge in [-0.25, -0.2) is 0 Å². The van der Waals surface area contributed by atoms with Crippen LogP contribution in [0.2, 0.25) is 0 Å². The maximum absolute atomic E-state index is 12.5. The molecule has 2 rings (SSSR count). The Kier molecular flexibility index (Phi) is 5.64. The zero-order valence-electron chi connectivity index (χ0n) is 13.0. The number of halogens is 3. The molecule has 1 aromatic rings. The van der Waals surface area contributed by atoms with E-state index in [0.717, 1.165) is 43.6 Å². The molecule has 1 N–H and O–H groups in total. The number of piperidine rings is 1. The Labute approximate surface area is 133 Å². The van der Waals surface area contributed by atoms with E-state index in [4.69, 9.17) is 5.11 Å². The number of carboxylic acid groups (broad SMARTS) is 1. The fourth-order valence-corrected chi connectivity index (χ4v) is 2.92. The quantitative estimate of drug-likeness (QED) is 0.901. The summed E-state index contributed by atoms with van der Waals surface area (Å²) in [5.74, 6) is -0.834. The monoisotopic (exact) mass is 330 g/mol. The molecule has 1 aliphatic rings. The Morgan fingerprint density at radius 1 is 1.26 bits per heavy atom. The lowest BCUT2D eigenvalue weighted by Gasteiger charge is -2.36. The molecule has 1 aliphatic heterocycles. The maximum Gasteiger partial charge on any atom is 0.416 e. The molecule has 1 fully saturated rings. The van der Waals surface area contributed by atoms with Crippen molar-refractivity contribution in [2.45, 2.75) is 31.6 Å². The summed E-state index contributed by atoms with van der Waals surface area (Å²) in [6.45, 7) is 2.28. The van der Waals surface area contributed by atoms with E-state index in [1.54, 1.807) is 0 Å². The van der Waals surface area contributed by atoms with Crippen molar-refractivity contribution in [3.05, 3.63) is 35.4 Å². The summed E-state index contributed by atoms with van der Waals surface area (Å²) in [7, 11) is 1.81. The number of aliphatic carboxylic acids is 1. The minimum atomic E-state index is -4.30. The zero-order valence-corrected chi connectivity index (χ0v) is 13.0. The predicted octanol–water partition coefficient (Wildman–Crippen LogP) is 2.69. The third-order valence-corrected chi connectivity index (χ3v) is 4.25. The molecule has 0 radical (unpaired) electrons. The smallest absolute Gasteiger partial charge is 0.416 e. The average Bonchev–Trinajstić information content (AvgIpc) is 2.47. The summed E-state index contributed by atoms with van der Waals surface area (Å²) < 4.78 is 37.6. The molecular weight excluding hydrogens is 309 g/mol. The summed E-state index contributed by atoms with van der Waals surface area (Å²) in [6, 6.07) is 5.51. The largest absolute Gasteiger partial charge is 0.480 e. The Morgan fingerprint density at radius 3 is 2.30 bits per heavy atom. The molecule has 23 heavy (non-hydrogen) atoms. The van der Waals surface area contributed by atoms with E-state index in [9.17, 15) is 18.0 Å². The van der Waals surface area contributed by atoms with Crippen LogP contribution >= 0.6 is 0 Å². The van der Waals surface area contributed by atoms with Crippen LogP contribution in [0.25, 0.3) is 0 Å². The molecule has 0 aromatic heterocycles. The van der Waals surface area contributed by atoms with Crippen molar-refractivity contribution in [1.82, 2.24) is 9.80 Å². The van der Waals surface area contributed by atoms with Crippen LogP contribution < -0.4 is 0 Å². The van der Waals surface area contributed by atoms with Gasteiger partial charge in [-0.1, -0.05) is 12.1 Å². The molecule has 0 bridgehead atoms. The Balaban J connectivity index is 1.83. The Bertz CT molecular complexity index is 523. The minimum absolute atomic E-state index is 0.0313. The topological polar surface area (TPSA) is 43.8 Å². The summed E-state index contributed by atoms with van der Waals surface area (Å²) in [4.78, 5) is 14.8. The summed E-state index contributed by atoms with van der Waals surface area (Å²) in [6.07, 6.45) is -2.57. The van der Waals surface area contributed by atoms with E-state index in [1.807, 2.05) is 11.9 Å². The summed E-state index contributed by atoms with van der Waals surface area (Å²) in [5, 5.41) is 8.81. The molecule has 4 nitrogen and oxygen atoms in total. The fourth-order valence-electron chi connectivity index (χ4n) is 2.92. The number of rotatable bonds is 5. The van der Waals surface area contributed by atoms with E-state index < -0.39 is 17.7 Å². The molecule has 0 aliphatic carbocycles. The van der Waals surface area contributed by atoms with Crippen LogP contribution in [0.1, 0.15) is 24.0 Å². The van der Waals surface area contributed by atoms with Crippen molar-refractivity contribution < 1.29 is 23.1 Å². The molecule has 1 aromatic carbocycles. The molecule has 7 heteroatoms. The lowest BCUT2D eigenvalue weighted by atomic mass is 10.0. The molecule has 0 unspecified atom stereocenters. The van der Waals surface area contributed by atoms with Gasteiger partial charge in [0.05, 0.1) is 12.1 Å². The van der Waals surface area contributed by atoms with Gasteiger partial charge in [-0.15, -0.1) is 0 Å². The van der Waals surface area contributed by atoms with Crippen molar-refractivity contribution in [2.75, 3.05) is 26.7 Å². The van der Waals surface area contributed by atoms with Gasteiger partial charge in [0.15, 0.2) is 0 Å². The van der Waals surface area contributed by atoms with Gasteiger partial charge in [0.1, 0.15) is 0 Å². The molecule has 0 amide bonds. The maximum atomic E-state index is 12.5. The first-order valence-corrected chi connectivity index (χ1v) is 7.56. The van der Waals surface area contributed by atoms with Gasteiger partial charge in [0, 0.05) is 12.6 Å².